The van der Waals surface area contributed by atoms with Crippen LogP contribution in [0.4, 0.5) is 11.4 Å². The minimum atomic E-state index is 0.0598. The van der Waals surface area contributed by atoms with E-state index in [1.54, 1.807) is 0 Å². The number of carbonyl (C=O) groups is 1. The molecular formula is C12H15N3O. The third-order valence-corrected chi connectivity index (χ3v) is 3.61. The van der Waals surface area contributed by atoms with E-state index in [-0.39, 0.29) is 11.9 Å². The average molecular weight is 217 g/mol. The molecule has 84 valence electrons. The fourth-order valence-electron chi connectivity index (χ4n) is 2.81. The first-order valence-electron chi connectivity index (χ1n) is 5.56. The van der Waals surface area contributed by atoms with Gasteiger partial charge < -0.3 is 10.6 Å². The second kappa shape index (κ2) is 3.22. The van der Waals surface area contributed by atoms with Crippen LogP contribution in [0.2, 0.25) is 0 Å². The molecule has 2 fully saturated rings. The van der Waals surface area contributed by atoms with Gasteiger partial charge in [-0.1, -0.05) is 12.1 Å². The molecule has 4 nitrogen and oxygen atoms in total. The van der Waals surface area contributed by atoms with Gasteiger partial charge in [0.1, 0.15) is 0 Å². The summed E-state index contributed by atoms with van der Waals surface area (Å²) < 4.78 is 0. The van der Waals surface area contributed by atoms with Crippen molar-refractivity contribution in [1.82, 2.24) is 4.90 Å². The summed E-state index contributed by atoms with van der Waals surface area (Å²) in [6, 6.07) is 7.95. The van der Waals surface area contributed by atoms with Crippen LogP contribution in [0, 0.1) is 0 Å². The standard InChI is InChI=1S/C12H15N3O/c1-14-7-8-6-11(14)12(16)15(8)10-5-3-2-4-9(10)13/h2-5,8,11H,6-7,13H2,1H3. The number of likely N-dealkylation sites (N-methyl/N-ethyl adjacent to an activating group) is 1. The first-order valence-corrected chi connectivity index (χ1v) is 5.56. The highest BCUT2D eigenvalue weighted by atomic mass is 16.2. The maximum atomic E-state index is 12.2. The molecule has 16 heavy (non-hydrogen) atoms. The number of hydrogen-bond donors (Lipinski definition) is 1. The van der Waals surface area contributed by atoms with Gasteiger partial charge in [-0.3, -0.25) is 9.69 Å². The fraction of sp³-hybridized carbons (Fsp3) is 0.417. The van der Waals surface area contributed by atoms with E-state index in [9.17, 15) is 4.79 Å². The third kappa shape index (κ3) is 1.16. The average Bonchev–Trinajstić information content (AvgIpc) is 2.76. The van der Waals surface area contributed by atoms with Crippen molar-refractivity contribution in [1.29, 1.82) is 0 Å². The summed E-state index contributed by atoms with van der Waals surface area (Å²) in [5.74, 6) is 0.191. The maximum absolute atomic E-state index is 12.2. The van der Waals surface area contributed by atoms with E-state index >= 15 is 0 Å². The molecule has 2 saturated heterocycles. The summed E-state index contributed by atoms with van der Waals surface area (Å²) in [6.07, 6.45) is 0.934. The summed E-state index contributed by atoms with van der Waals surface area (Å²) >= 11 is 0. The van der Waals surface area contributed by atoms with Gasteiger partial charge in [-0.2, -0.15) is 0 Å². The highest BCUT2D eigenvalue weighted by Gasteiger charge is 2.48. The van der Waals surface area contributed by atoms with Crippen LogP contribution in [-0.4, -0.2) is 36.5 Å². The van der Waals surface area contributed by atoms with Gasteiger partial charge in [-0.15, -0.1) is 0 Å². The van der Waals surface area contributed by atoms with Gasteiger partial charge in [0.2, 0.25) is 5.91 Å². The van der Waals surface area contributed by atoms with Gasteiger partial charge in [-0.05, 0) is 25.6 Å². The number of anilines is 2. The molecule has 2 atom stereocenters. The van der Waals surface area contributed by atoms with Crippen LogP contribution < -0.4 is 10.6 Å². The molecule has 2 aliphatic rings. The Morgan fingerprint density at radius 1 is 1.38 bits per heavy atom. The number of nitrogen functional groups attached to an aromatic ring is 1. The van der Waals surface area contributed by atoms with Crippen molar-refractivity contribution in [3.05, 3.63) is 24.3 Å². The lowest BCUT2D eigenvalue weighted by Crippen LogP contribution is -2.49. The monoisotopic (exact) mass is 217 g/mol. The van der Waals surface area contributed by atoms with Gasteiger partial charge in [0.05, 0.1) is 23.5 Å². The van der Waals surface area contributed by atoms with Crippen LogP contribution in [0.3, 0.4) is 0 Å². The van der Waals surface area contributed by atoms with Gasteiger partial charge in [-0.25, -0.2) is 0 Å². The van der Waals surface area contributed by atoms with E-state index in [2.05, 4.69) is 4.90 Å². The molecule has 2 heterocycles. The Bertz CT molecular complexity index is 446. The lowest BCUT2D eigenvalue weighted by molar-refractivity contribution is -0.122. The minimum Gasteiger partial charge on any atom is -0.397 e. The molecule has 2 bridgehead atoms. The van der Waals surface area contributed by atoms with E-state index < -0.39 is 0 Å². The van der Waals surface area contributed by atoms with Crippen LogP contribution in [0.25, 0.3) is 0 Å². The molecule has 4 heteroatoms. The Morgan fingerprint density at radius 3 is 2.75 bits per heavy atom. The van der Waals surface area contributed by atoms with Gasteiger partial charge in [0, 0.05) is 6.54 Å². The highest BCUT2D eigenvalue weighted by molar-refractivity contribution is 6.03. The molecule has 0 radical (unpaired) electrons. The molecule has 2 aliphatic heterocycles. The summed E-state index contributed by atoms with van der Waals surface area (Å²) in [5.41, 5.74) is 7.48. The molecule has 2 N–H and O–H groups in total. The van der Waals surface area contributed by atoms with Crippen molar-refractivity contribution in [2.24, 2.45) is 0 Å². The number of carbonyl (C=O) groups excluding carboxylic acids is 1. The summed E-state index contributed by atoms with van der Waals surface area (Å²) in [6.45, 7) is 0.949. The second-order valence-corrected chi connectivity index (χ2v) is 4.61. The first-order chi connectivity index (χ1) is 7.68. The number of fused-ring (bicyclic) bond motifs is 2. The van der Waals surface area contributed by atoms with Crippen LogP contribution in [0.5, 0.6) is 0 Å². The van der Waals surface area contributed by atoms with Crippen LogP contribution >= 0.6 is 0 Å². The normalized spacial score (nSPS) is 29.1. The number of hydrogen-bond acceptors (Lipinski definition) is 3. The van der Waals surface area contributed by atoms with Crippen molar-refractivity contribution in [2.45, 2.75) is 18.5 Å². The number of rotatable bonds is 1. The number of nitrogens with two attached hydrogens (primary N) is 1. The van der Waals surface area contributed by atoms with E-state index in [4.69, 9.17) is 5.73 Å². The fourth-order valence-corrected chi connectivity index (χ4v) is 2.81. The predicted molar refractivity (Wildman–Crippen MR) is 63.2 cm³/mol. The molecule has 1 aromatic rings. The lowest BCUT2D eigenvalue weighted by Gasteiger charge is -2.32. The van der Waals surface area contributed by atoms with Crippen molar-refractivity contribution in [3.63, 3.8) is 0 Å². The lowest BCUT2D eigenvalue weighted by atomic mass is 10.2. The molecule has 3 rings (SSSR count). The molecule has 2 unspecified atom stereocenters. The van der Waals surface area contributed by atoms with Crippen molar-refractivity contribution >= 4 is 17.3 Å². The SMILES string of the molecule is CN1CC2CC1C(=O)N2c1ccccc1N. The molecule has 0 aromatic heterocycles. The van der Waals surface area contributed by atoms with Gasteiger partial charge >= 0.3 is 0 Å². The van der Waals surface area contributed by atoms with Crippen LogP contribution in [-0.2, 0) is 4.79 Å². The largest absolute Gasteiger partial charge is 0.397 e. The van der Waals surface area contributed by atoms with Crippen LogP contribution in [0.15, 0.2) is 24.3 Å². The van der Waals surface area contributed by atoms with Crippen LogP contribution in [0.1, 0.15) is 6.42 Å². The minimum absolute atomic E-state index is 0.0598. The predicted octanol–water partition coefficient (Wildman–Crippen LogP) is 0.688. The molecule has 1 aromatic carbocycles. The number of amides is 1. The Balaban J connectivity index is 1.99. The zero-order valence-corrected chi connectivity index (χ0v) is 9.26. The molecule has 1 amide bonds. The number of nitrogens with zero attached hydrogens (tertiary/aromatic N) is 2. The second-order valence-electron chi connectivity index (χ2n) is 4.61. The number of para-hydroxylation sites is 2. The zero-order chi connectivity index (χ0) is 11.3. The van der Waals surface area contributed by atoms with Crippen molar-refractivity contribution < 1.29 is 4.79 Å². The maximum Gasteiger partial charge on any atom is 0.244 e. The Labute approximate surface area is 94.6 Å². The topological polar surface area (TPSA) is 49.6 Å². The van der Waals surface area contributed by atoms with E-state index in [1.807, 2.05) is 36.2 Å². The molecule has 0 spiro atoms. The zero-order valence-electron chi connectivity index (χ0n) is 9.26. The number of piperazine rings is 1. The number of likely N-dealkylation sites (tertiary alicyclic amines) is 1. The van der Waals surface area contributed by atoms with Crippen molar-refractivity contribution in [3.8, 4) is 0 Å². The Hall–Kier alpha value is -1.55. The smallest absolute Gasteiger partial charge is 0.244 e. The Morgan fingerprint density at radius 2 is 2.12 bits per heavy atom. The van der Waals surface area contributed by atoms with Crippen molar-refractivity contribution in [2.75, 3.05) is 24.2 Å². The molecule has 0 aliphatic carbocycles. The third-order valence-electron chi connectivity index (χ3n) is 3.61. The van der Waals surface area contributed by atoms with Gasteiger partial charge in [0.25, 0.3) is 0 Å². The summed E-state index contributed by atoms with van der Waals surface area (Å²) in [4.78, 5) is 16.2. The van der Waals surface area contributed by atoms with E-state index in [0.717, 1.165) is 18.7 Å². The van der Waals surface area contributed by atoms with Gasteiger partial charge in [0.15, 0.2) is 0 Å². The number of benzene rings is 1. The first kappa shape index (κ1) is 9.66. The quantitative estimate of drug-likeness (QED) is 0.704. The summed E-state index contributed by atoms with van der Waals surface area (Å²) in [7, 11) is 2.01. The Kier molecular flexibility index (Phi) is 1.94. The molecule has 0 saturated carbocycles. The summed E-state index contributed by atoms with van der Waals surface area (Å²) in [5, 5.41) is 0. The molecular weight excluding hydrogens is 202 g/mol. The van der Waals surface area contributed by atoms with E-state index in [0.29, 0.717) is 11.7 Å². The highest BCUT2D eigenvalue weighted by Crippen LogP contribution is 2.36. The van der Waals surface area contributed by atoms with E-state index in [1.165, 1.54) is 0 Å².